The van der Waals surface area contributed by atoms with E-state index in [9.17, 15) is 4.39 Å². The summed E-state index contributed by atoms with van der Waals surface area (Å²) in [4.78, 5) is 0. The molecule has 1 heterocycles. The third kappa shape index (κ3) is 4.72. The quantitative estimate of drug-likeness (QED) is 0.792. The van der Waals surface area contributed by atoms with Gasteiger partial charge in [-0.15, -0.1) is 0 Å². The predicted molar refractivity (Wildman–Crippen MR) is 91.6 cm³/mol. The van der Waals surface area contributed by atoms with Crippen LogP contribution < -0.4 is 5.32 Å². The van der Waals surface area contributed by atoms with Crippen molar-refractivity contribution in [1.82, 2.24) is 5.32 Å². The molecular weight excluding hydrogens is 281 g/mol. The largest absolute Gasteiger partial charge is 0.310 e. The van der Waals surface area contributed by atoms with Crippen molar-refractivity contribution in [2.45, 2.75) is 52.5 Å². The molecule has 2 rings (SSSR count). The lowest BCUT2D eigenvalue weighted by Crippen LogP contribution is -2.27. The highest BCUT2D eigenvalue weighted by Gasteiger charge is 2.23. The van der Waals surface area contributed by atoms with E-state index in [1.54, 1.807) is 6.07 Å². The first-order valence-electron chi connectivity index (χ1n) is 8.19. The summed E-state index contributed by atoms with van der Waals surface area (Å²) in [6, 6.07) is 3.95. The molecule has 0 amide bonds. The summed E-state index contributed by atoms with van der Waals surface area (Å²) in [6.45, 7) is 7.13. The fourth-order valence-corrected chi connectivity index (χ4v) is 4.51. The molecule has 1 fully saturated rings. The standard InChI is InChI=1S/C18H28FNS/c1-4-7-20-17(12-15-5-8-21-9-6-15)18-14(3)10-13(2)11-16(18)19/h10-11,15,17,20H,4-9,12H2,1-3H3. The van der Waals surface area contributed by atoms with E-state index >= 15 is 0 Å². The third-order valence-corrected chi connectivity index (χ3v) is 5.43. The summed E-state index contributed by atoms with van der Waals surface area (Å²) in [7, 11) is 0. The average Bonchev–Trinajstić information content (AvgIpc) is 2.44. The number of benzene rings is 1. The summed E-state index contributed by atoms with van der Waals surface area (Å²) in [5.74, 6) is 3.23. The van der Waals surface area contributed by atoms with Crippen LogP contribution in [0, 0.1) is 25.6 Å². The number of rotatable bonds is 6. The zero-order valence-corrected chi connectivity index (χ0v) is 14.4. The zero-order valence-electron chi connectivity index (χ0n) is 13.5. The molecule has 3 heteroatoms. The third-order valence-electron chi connectivity index (χ3n) is 4.38. The van der Waals surface area contributed by atoms with Crippen LogP contribution >= 0.6 is 11.8 Å². The summed E-state index contributed by atoms with van der Waals surface area (Å²) < 4.78 is 14.5. The maximum atomic E-state index is 14.5. The SMILES string of the molecule is CCCNC(CC1CCSCC1)c1c(C)cc(C)cc1F. The van der Waals surface area contributed by atoms with Gasteiger partial charge in [0.1, 0.15) is 5.82 Å². The van der Waals surface area contributed by atoms with Gasteiger partial charge in [0.15, 0.2) is 0 Å². The van der Waals surface area contributed by atoms with Gasteiger partial charge in [-0.3, -0.25) is 0 Å². The van der Waals surface area contributed by atoms with Crippen LogP contribution in [0.3, 0.4) is 0 Å². The van der Waals surface area contributed by atoms with E-state index in [-0.39, 0.29) is 11.9 Å². The Balaban J connectivity index is 2.18. The molecule has 1 unspecified atom stereocenters. The van der Waals surface area contributed by atoms with Crippen molar-refractivity contribution in [2.75, 3.05) is 18.1 Å². The van der Waals surface area contributed by atoms with Gasteiger partial charge >= 0.3 is 0 Å². The fourth-order valence-electron chi connectivity index (χ4n) is 3.31. The van der Waals surface area contributed by atoms with Crippen LogP contribution in [0.25, 0.3) is 0 Å². The molecule has 1 aliphatic rings. The molecule has 0 radical (unpaired) electrons. The molecule has 0 saturated carbocycles. The smallest absolute Gasteiger partial charge is 0.128 e. The molecule has 1 saturated heterocycles. The minimum atomic E-state index is -0.0358. The molecule has 1 aromatic carbocycles. The first-order chi connectivity index (χ1) is 10.1. The molecule has 1 nitrogen and oxygen atoms in total. The minimum Gasteiger partial charge on any atom is -0.310 e. The number of hydrogen-bond acceptors (Lipinski definition) is 2. The second-order valence-electron chi connectivity index (χ2n) is 6.28. The number of thioether (sulfide) groups is 1. The summed E-state index contributed by atoms with van der Waals surface area (Å²) in [5, 5.41) is 3.59. The molecule has 0 spiro atoms. The summed E-state index contributed by atoms with van der Waals surface area (Å²) in [5.41, 5.74) is 3.00. The van der Waals surface area contributed by atoms with E-state index in [4.69, 9.17) is 0 Å². The van der Waals surface area contributed by atoms with E-state index in [1.165, 1.54) is 24.3 Å². The van der Waals surface area contributed by atoms with E-state index in [0.717, 1.165) is 42.0 Å². The Bertz CT molecular complexity index is 432. The zero-order chi connectivity index (χ0) is 15.2. The van der Waals surface area contributed by atoms with Crippen molar-refractivity contribution in [3.05, 3.63) is 34.6 Å². The topological polar surface area (TPSA) is 12.0 Å². The molecule has 0 aliphatic carbocycles. The van der Waals surface area contributed by atoms with E-state index in [1.807, 2.05) is 13.8 Å². The maximum Gasteiger partial charge on any atom is 0.128 e. The second kappa shape index (κ2) is 8.19. The maximum absolute atomic E-state index is 14.5. The van der Waals surface area contributed by atoms with Crippen molar-refractivity contribution in [3.63, 3.8) is 0 Å². The van der Waals surface area contributed by atoms with Crippen LogP contribution in [-0.4, -0.2) is 18.1 Å². The summed E-state index contributed by atoms with van der Waals surface area (Å²) in [6.07, 6.45) is 4.72. The Morgan fingerprint density at radius 1 is 1.29 bits per heavy atom. The van der Waals surface area contributed by atoms with Crippen molar-refractivity contribution < 1.29 is 4.39 Å². The van der Waals surface area contributed by atoms with E-state index in [2.05, 4.69) is 30.1 Å². The normalized spacial score (nSPS) is 17.9. The van der Waals surface area contributed by atoms with Gasteiger partial charge in [-0.1, -0.05) is 13.0 Å². The Hall–Kier alpha value is -0.540. The van der Waals surface area contributed by atoms with Gasteiger partial charge in [0.2, 0.25) is 0 Å². The molecule has 1 N–H and O–H groups in total. The Morgan fingerprint density at radius 3 is 2.62 bits per heavy atom. The summed E-state index contributed by atoms with van der Waals surface area (Å²) >= 11 is 2.05. The number of aryl methyl sites for hydroxylation is 2. The van der Waals surface area contributed by atoms with Crippen molar-refractivity contribution in [1.29, 1.82) is 0 Å². The number of hydrogen-bond donors (Lipinski definition) is 1. The first-order valence-corrected chi connectivity index (χ1v) is 9.35. The highest BCUT2D eigenvalue weighted by atomic mass is 32.2. The highest BCUT2D eigenvalue weighted by molar-refractivity contribution is 7.99. The minimum absolute atomic E-state index is 0.0358. The van der Waals surface area contributed by atoms with Gasteiger partial charge in [-0.2, -0.15) is 11.8 Å². The lowest BCUT2D eigenvalue weighted by molar-refractivity contribution is 0.362. The molecule has 1 aromatic rings. The van der Waals surface area contributed by atoms with Crippen LogP contribution in [0.1, 0.15) is 55.3 Å². The van der Waals surface area contributed by atoms with Crippen molar-refractivity contribution in [3.8, 4) is 0 Å². The highest BCUT2D eigenvalue weighted by Crippen LogP contribution is 2.33. The van der Waals surface area contributed by atoms with Crippen molar-refractivity contribution >= 4 is 11.8 Å². The Kier molecular flexibility index (Phi) is 6.56. The van der Waals surface area contributed by atoms with Gasteiger partial charge in [0, 0.05) is 11.6 Å². The van der Waals surface area contributed by atoms with Gasteiger partial charge in [0.25, 0.3) is 0 Å². The number of nitrogens with one attached hydrogen (secondary N) is 1. The Morgan fingerprint density at radius 2 is 2.00 bits per heavy atom. The van der Waals surface area contributed by atoms with E-state index in [0.29, 0.717) is 0 Å². The molecule has 21 heavy (non-hydrogen) atoms. The molecule has 1 atom stereocenters. The van der Waals surface area contributed by atoms with Gasteiger partial charge < -0.3 is 5.32 Å². The van der Waals surface area contributed by atoms with Gasteiger partial charge in [0.05, 0.1) is 0 Å². The predicted octanol–water partition coefficient (Wildman–Crippen LogP) is 5.02. The van der Waals surface area contributed by atoms with Gasteiger partial charge in [-0.25, -0.2) is 4.39 Å². The molecule has 0 bridgehead atoms. The molecular formula is C18H28FNS. The van der Waals surface area contributed by atoms with E-state index < -0.39 is 0 Å². The monoisotopic (exact) mass is 309 g/mol. The van der Waals surface area contributed by atoms with Crippen LogP contribution in [-0.2, 0) is 0 Å². The van der Waals surface area contributed by atoms with Crippen molar-refractivity contribution in [2.24, 2.45) is 5.92 Å². The first kappa shape index (κ1) is 16.8. The number of halogens is 1. The Labute approximate surface area is 133 Å². The van der Waals surface area contributed by atoms with Crippen LogP contribution in [0.15, 0.2) is 12.1 Å². The van der Waals surface area contributed by atoms with Crippen LogP contribution in [0.5, 0.6) is 0 Å². The van der Waals surface area contributed by atoms with Crippen LogP contribution in [0.2, 0.25) is 0 Å². The molecule has 0 aromatic heterocycles. The fraction of sp³-hybridized carbons (Fsp3) is 0.667. The molecule has 118 valence electrons. The average molecular weight is 309 g/mol. The van der Waals surface area contributed by atoms with Gasteiger partial charge in [-0.05, 0) is 80.7 Å². The lowest BCUT2D eigenvalue weighted by atomic mass is 9.88. The lowest BCUT2D eigenvalue weighted by Gasteiger charge is -2.28. The molecule has 1 aliphatic heterocycles. The van der Waals surface area contributed by atoms with Crippen LogP contribution in [0.4, 0.5) is 4.39 Å². The second-order valence-corrected chi connectivity index (χ2v) is 7.50.